The molecule has 0 saturated carbocycles. The first-order chi connectivity index (χ1) is 9.38. The van der Waals surface area contributed by atoms with E-state index < -0.39 is 17.6 Å². The molecule has 0 radical (unpaired) electrons. The zero-order chi connectivity index (χ0) is 14.8. The van der Waals surface area contributed by atoms with Crippen LogP contribution in [0.4, 0.5) is 13.2 Å². The highest BCUT2D eigenvalue weighted by atomic mass is 32.2. The minimum atomic E-state index is -4.48. The highest BCUT2D eigenvalue weighted by Gasteiger charge is 2.31. The van der Waals surface area contributed by atoms with E-state index in [-0.39, 0.29) is 5.56 Å². The molecule has 3 N–H and O–H groups in total. The number of nitrogen functional groups attached to an aromatic ring is 1. The number of nitrogens with zero attached hydrogens (tertiary/aromatic N) is 2. The lowest BCUT2D eigenvalue weighted by Gasteiger charge is -2.11. The maximum absolute atomic E-state index is 12.6. The van der Waals surface area contributed by atoms with Crippen molar-refractivity contribution in [2.75, 3.05) is 0 Å². The summed E-state index contributed by atoms with van der Waals surface area (Å²) in [5.74, 6) is -0.436. The molecule has 1 aromatic heterocycles. The maximum atomic E-state index is 12.6. The summed E-state index contributed by atoms with van der Waals surface area (Å²) < 4.78 is 37.9. The quantitative estimate of drug-likeness (QED) is 0.519. The first kappa shape index (κ1) is 14.3. The summed E-state index contributed by atoms with van der Waals surface area (Å²) in [5.41, 5.74) is 4.51. The van der Waals surface area contributed by atoms with Crippen molar-refractivity contribution >= 4 is 17.6 Å². The molecule has 0 atom stereocenters. The molecule has 0 saturated heterocycles. The second kappa shape index (κ2) is 5.49. The molecule has 0 bridgehead atoms. The van der Waals surface area contributed by atoms with Gasteiger partial charge in [0.1, 0.15) is 5.84 Å². The minimum absolute atomic E-state index is 0.0114. The summed E-state index contributed by atoms with van der Waals surface area (Å²) in [5, 5.41) is 7.77. The van der Waals surface area contributed by atoms with Gasteiger partial charge in [-0.05, 0) is 36.0 Å². The molecule has 8 heteroatoms. The van der Waals surface area contributed by atoms with E-state index in [9.17, 15) is 13.2 Å². The summed E-state index contributed by atoms with van der Waals surface area (Å²) in [6.45, 7) is 0. The summed E-state index contributed by atoms with van der Waals surface area (Å²) in [6, 6.07) is 4.69. The number of benzene rings is 1. The maximum Gasteiger partial charge on any atom is 0.416 e. The fourth-order valence-corrected chi connectivity index (χ4v) is 2.28. The number of hydrogen-bond acceptors (Lipinski definition) is 4. The zero-order valence-corrected chi connectivity index (χ0v) is 10.8. The fraction of sp³-hybridized carbons (Fsp3) is 0.0833. The van der Waals surface area contributed by atoms with Crippen molar-refractivity contribution in [1.29, 1.82) is 5.41 Å². The molecule has 0 amide bonds. The Kier molecular flexibility index (Phi) is 3.93. The lowest BCUT2D eigenvalue weighted by atomic mass is 10.1. The van der Waals surface area contributed by atoms with Gasteiger partial charge in [-0.25, -0.2) is 9.97 Å². The Morgan fingerprint density at radius 2 is 1.85 bits per heavy atom. The van der Waals surface area contributed by atoms with Crippen LogP contribution in [0, 0.1) is 5.41 Å². The van der Waals surface area contributed by atoms with Gasteiger partial charge in [-0.1, -0.05) is 0 Å². The number of hydrogen-bond donors (Lipinski definition) is 2. The number of halogens is 3. The van der Waals surface area contributed by atoms with Gasteiger partial charge in [-0.3, -0.25) is 5.41 Å². The van der Waals surface area contributed by atoms with E-state index in [1.54, 1.807) is 6.07 Å². The van der Waals surface area contributed by atoms with Gasteiger partial charge < -0.3 is 5.73 Å². The molecule has 4 nitrogen and oxygen atoms in total. The number of amidine groups is 1. The fourth-order valence-electron chi connectivity index (χ4n) is 1.44. The Hall–Kier alpha value is -2.09. The van der Waals surface area contributed by atoms with Crippen LogP contribution >= 0.6 is 11.8 Å². The molecule has 20 heavy (non-hydrogen) atoms. The largest absolute Gasteiger partial charge is 0.416 e. The normalized spacial score (nSPS) is 11.3. The first-order valence-electron chi connectivity index (χ1n) is 5.38. The van der Waals surface area contributed by atoms with Gasteiger partial charge >= 0.3 is 6.18 Å². The average Bonchev–Trinajstić information content (AvgIpc) is 2.38. The number of rotatable bonds is 3. The Morgan fingerprint density at radius 1 is 1.20 bits per heavy atom. The summed E-state index contributed by atoms with van der Waals surface area (Å²) in [6.07, 6.45) is -1.43. The second-order valence-corrected chi connectivity index (χ2v) is 4.76. The number of aromatic nitrogens is 2. The smallest absolute Gasteiger partial charge is 0.384 e. The second-order valence-electron chi connectivity index (χ2n) is 3.76. The van der Waals surface area contributed by atoms with Crippen LogP contribution in [0.5, 0.6) is 0 Å². The Labute approximate surface area is 116 Å². The average molecular weight is 298 g/mol. The molecule has 0 aliphatic heterocycles. The van der Waals surface area contributed by atoms with Crippen LogP contribution < -0.4 is 5.73 Å². The van der Waals surface area contributed by atoms with E-state index in [0.29, 0.717) is 10.1 Å². The summed E-state index contributed by atoms with van der Waals surface area (Å²) >= 11 is 1.05. The lowest BCUT2D eigenvalue weighted by Crippen LogP contribution is -2.15. The van der Waals surface area contributed by atoms with Crippen molar-refractivity contribution in [2.45, 2.75) is 16.2 Å². The number of nitrogens with two attached hydrogens (primary N) is 1. The van der Waals surface area contributed by atoms with E-state index in [2.05, 4.69) is 9.97 Å². The zero-order valence-electron chi connectivity index (χ0n) is 9.98. The SMILES string of the molecule is N=C(N)c1cc(C(F)(F)F)ccc1Sc1ncccn1. The van der Waals surface area contributed by atoms with Crippen LogP contribution in [0.25, 0.3) is 0 Å². The topological polar surface area (TPSA) is 75.7 Å². The highest BCUT2D eigenvalue weighted by Crippen LogP contribution is 2.34. The third-order valence-corrected chi connectivity index (χ3v) is 3.31. The Balaban J connectivity index is 2.41. The molecule has 1 aromatic carbocycles. The van der Waals surface area contributed by atoms with Crippen LogP contribution in [0.2, 0.25) is 0 Å². The molecular formula is C12H9F3N4S. The molecule has 2 rings (SSSR count). The van der Waals surface area contributed by atoms with Crippen LogP contribution in [0.3, 0.4) is 0 Å². The molecule has 0 aliphatic rings. The molecule has 2 aromatic rings. The van der Waals surface area contributed by atoms with Crippen molar-refractivity contribution in [3.8, 4) is 0 Å². The van der Waals surface area contributed by atoms with Gasteiger partial charge in [0.05, 0.1) is 5.56 Å². The van der Waals surface area contributed by atoms with E-state index in [4.69, 9.17) is 11.1 Å². The predicted octanol–water partition coefficient (Wildman–Crippen LogP) is 2.93. The molecule has 0 unspecified atom stereocenters. The van der Waals surface area contributed by atoms with E-state index in [1.807, 2.05) is 0 Å². The van der Waals surface area contributed by atoms with Crippen LogP contribution in [-0.2, 0) is 6.18 Å². The number of nitrogens with one attached hydrogen (secondary N) is 1. The molecule has 0 spiro atoms. The van der Waals surface area contributed by atoms with Gasteiger partial charge in [-0.15, -0.1) is 0 Å². The van der Waals surface area contributed by atoms with Gasteiger partial charge in [0.25, 0.3) is 0 Å². The van der Waals surface area contributed by atoms with Crippen molar-refractivity contribution < 1.29 is 13.2 Å². The van der Waals surface area contributed by atoms with E-state index in [1.165, 1.54) is 18.5 Å². The molecule has 0 fully saturated rings. The molecular weight excluding hydrogens is 289 g/mol. The van der Waals surface area contributed by atoms with Crippen molar-refractivity contribution in [3.05, 3.63) is 47.8 Å². The molecule has 0 aliphatic carbocycles. The predicted molar refractivity (Wildman–Crippen MR) is 68.6 cm³/mol. The third kappa shape index (κ3) is 3.27. The van der Waals surface area contributed by atoms with Crippen LogP contribution in [0.15, 0.2) is 46.7 Å². The van der Waals surface area contributed by atoms with Gasteiger partial charge in [0, 0.05) is 22.9 Å². The number of alkyl halides is 3. The van der Waals surface area contributed by atoms with E-state index in [0.717, 1.165) is 23.9 Å². The van der Waals surface area contributed by atoms with Crippen LogP contribution in [0.1, 0.15) is 11.1 Å². The van der Waals surface area contributed by atoms with Crippen molar-refractivity contribution in [3.63, 3.8) is 0 Å². The van der Waals surface area contributed by atoms with Gasteiger partial charge in [0.15, 0.2) is 5.16 Å². The first-order valence-corrected chi connectivity index (χ1v) is 6.20. The molecule has 1 heterocycles. The third-order valence-electron chi connectivity index (χ3n) is 2.34. The van der Waals surface area contributed by atoms with Gasteiger partial charge in [-0.2, -0.15) is 13.2 Å². The van der Waals surface area contributed by atoms with Crippen molar-refractivity contribution in [1.82, 2.24) is 9.97 Å². The Bertz CT molecular complexity index is 628. The monoisotopic (exact) mass is 298 g/mol. The summed E-state index contributed by atoms with van der Waals surface area (Å²) in [4.78, 5) is 8.33. The highest BCUT2D eigenvalue weighted by molar-refractivity contribution is 7.99. The Morgan fingerprint density at radius 3 is 2.40 bits per heavy atom. The van der Waals surface area contributed by atoms with Gasteiger partial charge in [0.2, 0.25) is 0 Å². The van der Waals surface area contributed by atoms with Crippen molar-refractivity contribution in [2.24, 2.45) is 5.73 Å². The lowest BCUT2D eigenvalue weighted by molar-refractivity contribution is -0.137. The summed E-state index contributed by atoms with van der Waals surface area (Å²) in [7, 11) is 0. The molecule has 104 valence electrons. The van der Waals surface area contributed by atoms with E-state index >= 15 is 0 Å². The van der Waals surface area contributed by atoms with Crippen LogP contribution in [-0.4, -0.2) is 15.8 Å². The minimum Gasteiger partial charge on any atom is -0.384 e. The standard InChI is InChI=1S/C12H9F3N4S/c13-12(14,15)7-2-3-9(8(6-7)10(16)17)20-11-18-4-1-5-19-11/h1-6H,(H3,16,17).